The van der Waals surface area contributed by atoms with Gasteiger partial charge in [0, 0.05) is 25.7 Å². The van der Waals surface area contributed by atoms with E-state index in [9.17, 15) is 4.79 Å². The van der Waals surface area contributed by atoms with Crippen molar-refractivity contribution in [2.24, 2.45) is 11.8 Å². The molecule has 4 unspecified atom stereocenters. The fourth-order valence-corrected chi connectivity index (χ4v) is 4.19. The van der Waals surface area contributed by atoms with E-state index in [2.05, 4.69) is 10.2 Å². The second kappa shape index (κ2) is 5.17. The maximum absolute atomic E-state index is 12.1. The third-order valence-electron chi connectivity index (χ3n) is 4.97. The van der Waals surface area contributed by atoms with Crippen LogP contribution in [0, 0.1) is 11.8 Å². The third-order valence-corrected chi connectivity index (χ3v) is 4.97. The van der Waals surface area contributed by atoms with Crippen LogP contribution >= 0.6 is 0 Å². The van der Waals surface area contributed by atoms with Gasteiger partial charge in [-0.25, -0.2) is 0 Å². The van der Waals surface area contributed by atoms with E-state index in [4.69, 9.17) is 4.74 Å². The number of carbonyl (C=O) groups excluding carboxylic acids is 1. The second-order valence-electron chi connectivity index (χ2n) is 5.95. The van der Waals surface area contributed by atoms with Crippen molar-refractivity contribution >= 4 is 5.97 Å². The van der Waals surface area contributed by atoms with Gasteiger partial charge in [-0.05, 0) is 38.0 Å². The minimum atomic E-state index is -0.0527. The van der Waals surface area contributed by atoms with Crippen LogP contribution in [0.5, 0.6) is 0 Å². The minimum Gasteiger partial charge on any atom is -0.465 e. The zero-order valence-electron chi connectivity index (χ0n) is 11.2. The zero-order chi connectivity index (χ0) is 12.5. The van der Waals surface area contributed by atoms with Crippen molar-refractivity contribution in [1.82, 2.24) is 10.2 Å². The van der Waals surface area contributed by atoms with Crippen LogP contribution < -0.4 is 5.32 Å². The number of hydrogen-bond acceptors (Lipinski definition) is 4. The Morgan fingerprint density at radius 2 is 2.28 bits per heavy atom. The number of fused-ring (bicyclic) bond motifs is 2. The van der Waals surface area contributed by atoms with Gasteiger partial charge in [0.1, 0.15) is 6.04 Å². The highest BCUT2D eigenvalue weighted by Crippen LogP contribution is 2.47. The standard InChI is InChI=1S/C14H24N2O2/c1-2-18-14(17)13-9-15-5-6-16(13)12-8-10-3-4-11(12)7-10/h10-13,15H,2-9H2,1H3. The van der Waals surface area contributed by atoms with Gasteiger partial charge < -0.3 is 10.1 Å². The molecule has 0 amide bonds. The van der Waals surface area contributed by atoms with Crippen molar-refractivity contribution in [3.05, 3.63) is 0 Å². The van der Waals surface area contributed by atoms with E-state index in [-0.39, 0.29) is 12.0 Å². The fourth-order valence-electron chi connectivity index (χ4n) is 4.19. The Hall–Kier alpha value is -0.610. The van der Waals surface area contributed by atoms with Gasteiger partial charge in [-0.1, -0.05) is 6.42 Å². The summed E-state index contributed by atoms with van der Waals surface area (Å²) in [5.41, 5.74) is 0. The molecule has 0 radical (unpaired) electrons. The second-order valence-corrected chi connectivity index (χ2v) is 5.95. The van der Waals surface area contributed by atoms with Gasteiger partial charge >= 0.3 is 5.97 Å². The predicted octanol–water partition coefficient (Wildman–Crippen LogP) is 1.01. The smallest absolute Gasteiger partial charge is 0.324 e. The van der Waals surface area contributed by atoms with Crippen LogP contribution in [0.1, 0.15) is 32.6 Å². The zero-order valence-corrected chi connectivity index (χ0v) is 11.2. The summed E-state index contributed by atoms with van der Waals surface area (Å²) in [6, 6.07) is 0.586. The van der Waals surface area contributed by atoms with E-state index in [0.717, 1.165) is 31.5 Å². The predicted molar refractivity (Wildman–Crippen MR) is 69.2 cm³/mol. The maximum Gasteiger partial charge on any atom is 0.324 e. The lowest BCUT2D eigenvalue weighted by atomic mass is 9.92. The van der Waals surface area contributed by atoms with Gasteiger partial charge in [-0.3, -0.25) is 9.69 Å². The summed E-state index contributed by atoms with van der Waals surface area (Å²) in [6.45, 7) is 5.13. The summed E-state index contributed by atoms with van der Waals surface area (Å²) >= 11 is 0. The average Bonchev–Trinajstić information content (AvgIpc) is 3.01. The normalized spacial score (nSPS) is 40.1. The van der Waals surface area contributed by atoms with Crippen molar-refractivity contribution in [3.8, 4) is 0 Å². The van der Waals surface area contributed by atoms with E-state index in [0.29, 0.717) is 12.6 Å². The van der Waals surface area contributed by atoms with Crippen LogP contribution in [0.4, 0.5) is 0 Å². The summed E-state index contributed by atoms with van der Waals surface area (Å²) in [5, 5.41) is 3.33. The summed E-state index contributed by atoms with van der Waals surface area (Å²) in [7, 11) is 0. The molecule has 102 valence electrons. The van der Waals surface area contributed by atoms with Gasteiger partial charge in [0.2, 0.25) is 0 Å². The molecule has 1 saturated heterocycles. The van der Waals surface area contributed by atoms with Gasteiger partial charge in [-0.15, -0.1) is 0 Å². The Bertz CT molecular complexity index is 321. The molecule has 1 N–H and O–H groups in total. The van der Waals surface area contributed by atoms with Gasteiger partial charge in [0.25, 0.3) is 0 Å². The molecule has 4 heteroatoms. The van der Waals surface area contributed by atoms with E-state index in [1.807, 2.05) is 6.92 Å². The van der Waals surface area contributed by atoms with Crippen molar-refractivity contribution in [2.45, 2.75) is 44.7 Å². The third kappa shape index (κ3) is 2.16. The number of rotatable bonds is 3. The molecule has 2 saturated carbocycles. The maximum atomic E-state index is 12.1. The van der Waals surface area contributed by atoms with Crippen LogP contribution in [-0.2, 0) is 9.53 Å². The van der Waals surface area contributed by atoms with Crippen molar-refractivity contribution < 1.29 is 9.53 Å². The molecule has 0 aromatic heterocycles. The summed E-state index contributed by atoms with van der Waals surface area (Å²) in [6.07, 6.45) is 5.48. The monoisotopic (exact) mass is 252 g/mol. The first kappa shape index (κ1) is 12.4. The fraction of sp³-hybridized carbons (Fsp3) is 0.929. The number of esters is 1. The van der Waals surface area contributed by atoms with Crippen molar-refractivity contribution in [1.29, 1.82) is 0 Å². The lowest BCUT2D eigenvalue weighted by molar-refractivity contribution is -0.152. The quantitative estimate of drug-likeness (QED) is 0.761. The molecule has 0 spiro atoms. The highest BCUT2D eigenvalue weighted by molar-refractivity contribution is 5.76. The molecule has 1 aliphatic heterocycles. The number of piperazine rings is 1. The molecule has 3 aliphatic rings. The Morgan fingerprint density at radius 3 is 2.94 bits per heavy atom. The first-order chi connectivity index (χ1) is 8.79. The average molecular weight is 252 g/mol. The van der Waals surface area contributed by atoms with Crippen LogP contribution in [0.3, 0.4) is 0 Å². The molecule has 3 fully saturated rings. The number of carbonyl (C=O) groups is 1. The van der Waals surface area contributed by atoms with E-state index < -0.39 is 0 Å². The molecule has 18 heavy (non-hydrogen) atoms. The molecule has 0 aromatic carbocycles. The summed E-state index contributed by atoms with van der Waals surface area (Å²) in [5.74, 6) is 1.73. The largest absolute Gasteiger partial charge is 0.465 e. The van der Waals surface area contributed by atoms with Crippen LogP contribution in [0.25, 0.3) is 0 Å². The Morgan fingerprint density at radius 1 is 1.39 bits per heavy atom. The SMILES string of the molecule is CCOC(=O)C1CNCCN1C1CC2CCC1C2. The summed E-state index contributed by atoms with van der Waals surface area (Å²) in [4.78, 5) is 14.5. The number of nitrogens with zero attached hydrogens (tertiary/aromatic N) is 1. The number of ether oxygens (including phenoxy) is 1. The van der Waals surface area contributed by atoms with Crippen molar-refractivity contribution in [2.75, 3.05) is 26.2 Å². The Balaban J connectivity index is 1.69. The lowest BCUT2D eigenvalue weighted by Crippen LogP contribution is -2.59. The molecular weight excluding hydrogens is 228 g/mol. The number of nitrogens with one attached hydrogen (secondary N) is 1. The van der Waals surface area contributed by atoms with Crippen LogP contribution in [0.15, 0.2) is 0 Å². The Kier molecular flexibility index (Phi) is 3.57. The van der Waals surface area contributed by atoms with Crippen molar-refractivity contribution in [3.63, 3.8) is 0 Å². The highest BCUT2D eigenvalue weighted by Gasteiger charge is 2.46. The molecule has 4 atom stereocenters. The molecule has 3 rings (SSSR count). The van der Waals surface area contributed by atoms with Gasteiger partial charge in [0.05, 0.1) is 6.61 Å². The summed E-state index contributed by atoms with van der Waals surface area (Å²) < 4.78 is 5.23. The van der Waals surface area contributed by atoms with Gasteiger partial charge in [-0.2, -0.15) is 0 Å². The van der Waals surface area contributed by atoms with E-state index in [1.54, 1.807) is 0 Å². The molecule has 2 aliphatic carbocycles. The van der Waals surface area contributed by atoms with E-state index >= 15 is 0 Å². The Labute approximate surface area is 109 Å². The highest BCUT2D eigenvalue weighted by atomic mass is 16.5. The molecule has 4 nitrogen and oxygen atoms in total. The lowest BCUT2D eigenvalue weighted by Gasteiger charge is -2.41. The minimum absolute atomic E-state index is 0.0347. The van der Waals surface area contributed by atoms with Crippen LogP contribution in [-0.4, -0.2) is 49.2 Å². The van der Waals surface area contributed by atoms with Gasteiger partial charge in [0.15, 0.2) is 0 Å². The molecule has 0 aromatic rings. The number of hydrogen-bond donors (Lipinski definition) is 1. The molecule has 1 heterocycles. The first-order valence-corrected chi connectivity index (χ1v) is 7.42. The first-order valence-electron chi connectivity index (χ1n) is 7.42. The van der Waals surface area contributed by atoms with E-state index in [1.165, 1.54) is 25.7 Å². The van der Waals surface area contributed by atoms with Crippen LogP contribution in [0.2, 0.25) is 0 Å². The molecular formula is C14H24N2O2. The molecule has 2 bridgehead atoms. The topological polar surface area (TPSA) is 41.6 Å².